The Bertz CT molecular complexity index is 573. The first-order chi connectivity index (χ1) is 8.46. The fourth-order valence-electron chi connectivity index (χ4n) is 1.76. The third-order valence-corrected chi connectivity index (χ3v) is 2.71. The molecule has 0 saturated heterocycles. The maximum atomic E-state index is 12.0. The van der Waals surface area contributed by atoms with Gasteiger partial charge in [0.1, 0.15) is 0 Å². The van der Waals surface area contributed by atoms with E-state index in [1.54, 1.807) is 18.2 Å². The number of alkyl halides is 3. The third kappa shape index (κ3) is 3.09. The molecular formula is C14H11F3O. The lowest BCUT2D eigenvalue weighted by molar-refractivity contribution is -0.133. The summed E-state index contributed by atoms with van der Waals surface area (Å²) >= 11 is 0. The van der Waals surface area contributed by atoms with Crippen molar-refractivity contribution in [3.8, 4) is 0 Å². The second-order valence-corrected chi connectivity index (χ2v) is 4.10. The molecule has 2 rings (SSSR count). The van der Waals surface area contributed by atoms with Crippen LogP contribution in [0.25, 0.3) is 10.8 Å². The van der Waals surface area contributed by atoms with Crippen LogP contribution in [-0.4, -0.2) is 12.0 Å². The van der Waals surface area contributed by atoms with Crippen molar-refractivity contribution < 1.29 is 18.0 Å². The van der Waals surface area contributed by atoms with Crippen molar-refractivity contribution in [2.45, 2.75) is 19.0 Å². The molecule has 0 amide bonds. The molecule has 0 saturated carbocycles. The van der Waals surface area contributed by atoms with Gasteiger partial charge in [-0.25, -0.2) is 0 Å². The number of hydrogen-bond acceptors (Lipinski definition) is 1. The molecular weight excluding hydrogens is 241 g/mol. The number of Topliss-reactive ketones (excluding diaryl/α,β-unsaturated/α-hetero) is 1. The molecule has 2 aromatic carbocycles. The molecule has 0 aliphatic rings. The Morgan fingerprint density at radius 1 is 1.00 bits per heavy atom. The first-order valence-electron chi connectivity index (χ1n) is 5.54. The van der Waals surface area contributed by atoms with Crippen molar-refractivity contribution in [1.29, 1.82) is 0 Å². The Morgan fingerprint density at radius 2 is 1.67 bits per heavy atom. The van der Waals surface area contributed by atoms with Gasteiger partial charge in [0.05, 0.1) is 6.42 Å². The molecule has 4 heteroatoms. The van der Waals surface area contributed by atoms with Gasteiger partial charge in [-0.2, -0.15) is 13.2 Å². The Labute approximate surface area is 102 Å². The van der Waals surface area contributed by atoms with Crippen LogP contribution in [0.1, 0.15) is 23.2 Å². The molecule has 0 fully saturated rings. The van der Waals surface area contributed by atoms with E-state index in [0.717, 1.165) is 10.8 Å². The molecule has 0 aliphatic heterocycles. The van der Waals surface area contributed by atoms with Crippen LogP contribution >= 0.6 is 0 Å². The van der Waals surface area contributed by atoms with Crippen LogP contribution in [0.5, 0.6) is 0 Å². The van der Waals surface area contributed by atoms with E-state index in [4.69, 9.17) is 0 Å². The van der Waals surface area contributed by atoms with Crippen LogP contribution in [0.4, 0.5) is 13.2 Å². The minimum Gasteiger partial charge on any atom is -0.294 e. The van der Waals surface area contributed by atoms with E-state index in [-0.39, 0.29) is 0 Å². The SMILES string of the molecule is O=C(CCC(F)(F)F)c1ccc2ccccc2c1. The number of benzene rings is 2. The number of hydrogen-bond donors (Lipinski definition) is 0. The largest absolute Gasteiger partial charge is 0.389 e. The van der Waals surface area contributed by atoms with Gasteiger partial charge < -0.3 is 0 Å². The molecule has 0 radical (unpaired) electrons. The molecule has 0 spiro atoms. The van der Waals surface area contributed by atoms with Crippen LogP contribution in [-0.2, 0) is 0 Å². The molecule has 2 aromatic rings. The fourth-order valence-corrected chi connectivity index (χ4v) is 1.76. The first kappa shape index (κ1) is 12.6. The predicted octanol–water partition coefficient (Wildman–Crippen LogP) is 4.37. The molecule has 0 unspecified atom stereocenters. The second kappa shape index (κ2) is 4.80. The van der Waals surface area contributed by atoms with Crippen molar-refractivity contribution in [3.63, 3.8) is 0 Å². The summed E-state index contributed by atoms with van der Waals surface area (Å²) in [6.07, 6.45) is -5.85. The van der Waals surface area contributed by atoms with Crippen molar-refractivity contribution in [1.82, 2.24) is 0 Å². The Morgan fingerprint density at radius 3 is 2.33 bits per heavy atom. The summed E-state index contributed by atoms with van der Waals surface area (Å²) in [6, 6.07) is 12.4. The van der Waals surface area contributed by atoms with Gasteiger partial charge in [0.2, 0.25) is 0 Å². The Hall–Kier alpha value is -1.84. The van der Waals surface area contributed by atoms with Gasteiger partial charge >= 0.3 is 6.18 Å². The number of carbonyl (C=O) groups excluding carboxylic acids is 1. The topological polar surface area (TPSA) is 17.1 Å². The van der Waals surface area contributed by atoms with Crippen LogP contribution in [0.15, 0.2) is 42.5 Å². The summed E-state index contributed by atoms with van der Waals surface area (Å²) < 4.78 is 36.1. The number of carbonyl (C=O) groups is 1. The van der Waals surface area contributed by atoms with E-state index in [9.17, 15) is 18.0 Å². The Kier molecular flexibility index (Phi) is 3.36. The number of fused-ring (bicyclic) bond motifs is 1. The number of rotatable bonds is 3. The normalized spacial score (nSPS) is 11.7. The zero-order valence-corrected chi connectivity index (χ0v) is 9.50. The van der Waals surface area contributed by atoms with Gasteiger partial charge in [-0.3, -0.25) is 4.79 Å². The summed E-state index contributed by atoms with van der Waals surface area (Å²) in [5.41, 5.74) is 0.331. The van der Waals surface area contributed by atoms with E-state index in [1.165, 1.54) is 0 Å². The lowest BCUT2D eigenvalue weighted by atomic mass is 10.0. The molecule has 0 bridgehead atoms. The van der Waals surface area contributed by atoms with E-state index in [2.05, 4.69) is 0 Å². The van der Waals surface area contributed by atoms with E-state index in [0.29, 0.717) is 5.56 Å². The lowest BCUT2D eigenvalue weighted by Gasteiger charge is -2.06. The van der Waals surface area contributed by atoms with Crippen LogP contribution in [0, 0.1) is 0 Å². The summed E-state index contributed by atoms with van der Waals surface area (Å²) in [5, 5.41) is 1.82. The highest BCUT2D eigenvalue weighted by Gasteiger charge is 2.28. The van der Waals surface area contributed by atoms with Gasteiger partial charge in [-0.15, -0.1) is 0 Å². The quantitative estimate of drug-likeness (QED) is 0.741. The van der Waals surface area contributed by atoms with Crippen molar-refractivity contribution in [3.05, 3.63) is 48.0 Å². The average molecular weight is 252 g/mol. The van der Waals surface area contributed by atoms with E-state index >= 15 is 0 Å². The van der Waals surface area contributed by atoms with Gasteiger partial charge in [-0.1, -0.05) is 36.4 Å². The molecule has 94 valence electrons. The zero-order valence-electron chi connectivity index (χ0n) is 9.50. The maximum absolute atomic E-state index is 12.0. The predicted molar refractivity (Wildman–Crippen MR) is 63.6 cm³/mol. The highest BCUT2D eigenvalue weighted by atomic mass is 19.4. The molecule has 0 aromatic heterocycles. The van der Waals surface area contributed by atoms with E-state index in [1.807, 2.05) is 24.3 Å². The maximum Gasteiger partial charge on any atom is 0.389 e. The van der Waals surface area contributed by atoms with Crippen molar-refractivity contribution in [2.24, 2.45) is 0 Å². The molecule has 0 heterocycles. The Balaban J connectivity index is 2.18. The minimum absolute atomic E-state index is 0.331. The number of halogens is 3. The first-order valence-corrected chi connectivity index (χ1v) is 5.54. The van der Waals surface area contributed by atoms with Gasteiger partial charge in [0.25, 0.3) is 0 Å². The summed E-state index contributed by atoms with van der Waals surface area (Å²) in [4.78, 5) is 11.6. The van der Waals surface area contributed by atoms with Crippen molar-refractivity contribution >= 4 is 16.6 Å². The van der Waals surface area contributed by atoms with Gasteiger partial charge in [0, 0.05) is 12.0 Å². The lowest BCUT2D eigenvalue weighted by Crippen LogP contribution is -2.10. The zero-order chi connectivity index (χ0) is 13.2. The van der Waals surface area contributed by atoms with E-state index < -0.39 is 24.8 Å². The minimum atomic E-state index is -4.29. The molecule has 18 heavy (non-hydrogen) atoms. The highest BCUT2D eigenvalue weighted by molar-refractivity contribution is 5.99. The fraction of sp³-hybridized carbons (Fsp3) is 0.214. The average Bonchev–Trinajstić information content (AvgIpc) is 2.34. The summed E-state index contributed by atoms with van der Waals surface area (Å²) in [7, 11) is 0. The summed E-state index contributed by atoms with van der Waals surface area (Å²) in [5.74, 6) is -0.474. The molecule has 0 N–H and O–H groups in total. The smallest absolute Gasteiger partial charge is 0.294 e. The second-order valence-electron chi connectivity index (χ2n) is 4.10. The highest BCUT2D eigenvalue weighted by Crippen LogP contribution is 2.23. The van der Waals surface area contributed by atoms with Crippen LogP contribution in [0.3, 0.4) is 0 Å². The third-order valence-electron chi connectivity index (χ3n) is 2.71. The van der Waals surface area contributed by atoms with Crippen LogP contribution < -0.4 is 0 Å². The van der Waals surface area contributed by atoms with Crippen molar-refractivity contribution in [2.75, 3.05) is 0 Å². The molecule has 1 nitrogen and oxygen atoms in total. The molecule has 0 atom stereocenters. The van der Waals surface area contributed by atoms with Crippen LogP contribution in [0.2, 0.25) is 0 Å². The molecule has 0 aliphatic carbocycles. The number of ketones is 1. The monoisotopic (exact) mass is 252 g/mol. The van der Waals surface area contributed by atoms with Gasteiger partial charge in [-0.05, 0) is 16.8 Å². The summed E-state index contributed by atoms with van der Waals surface area (Å²) in [6.45, 7) is 0. The standard InChI is InChI=1S/C14H11F3O/c15-14(16,17)8-7-13(18)12-6-5-10-3-1-2-4-11(10)9-12/h1-6,9H,7-8H2. The van der Waals surface area contributed by atoms with Gasteiger partial charge in [0.15, 0.2) is 5.78 Å².